The minimum absolute atomic E-state index is 0.201. The summed E-state index contributed by atoms with van der Waals surface area (Å²) in [6.07, 6.45) is 1.75. The van der Waals surface area contributed by atoms with E-state index in [1.54, 1.807) is 35.7 Å². The standard InChI is InChI=1S/C23H20N2O4/c1-2-27-23(26)21-22(24-20-10-6-7-15-25(20)21)29-19-13-11-18(12-14-19)28-16-17-8-4-3-5-9-17/h3-15H,2,16H2,1H3. The molecule has 2 aromatic heterocycles. The van der Waals surface area contributed by atoms with Crippen molar-refractivity contribution < 1.29 is 19.0 Å². The van der Waals surface area contributed by atoms with Gasteiger partial charge in [-0.3, -0.25) is 4.40 Å². The highest BCUT2D eigenvalue weighted by Crippen LogP contribution is 2.28. The maximum absolute atomic E-state index is 12.4. The van der Waals surface area contributed by atoms with E-state index in [0.717, 1.165) is 11.3 Å². The van der Waals surface area contributed by atoms with Crippen LogP contribution >= 0.6 is 0 Å². The average Bonchev–Trinajstić information content (AvgIpc) is 3.12. The first kappa shape index (κ1) is 18.6. The van der Waals surface area contributed by atoms with E-state index in [1.165, 1.54) is 0 Å². The molecule has 2 heterocycles. The molecule has 0 aliphatic rings. The maximum atomic E-state index is 12.4. The fourth-order valence-corrected chi connectivity index (χ4v) is 2.89. The van der Waals surface area contributed by atoms with Crippen molar-refractivity contribution in [1.82, 2.24) is 9.38 Å². The number of fused-ring (bicyclic) bond motifs is 1. The van der Waals surface area contributed by atoms with Crippen LogP contribution in [0.2, 0.25) is 0 Å². The van der Waals surface area contributed by atoms with Crippen molar-refractivity contribution in [3.8, 4) is 17.4 Å². The second-order valence-electron chi connectivity index (χ2n) is 6.26. The SMILES string of the molecule is CCOC(=O)c1c(Oc2ccc(OCc3ccccc3)cc2)nc2ccccn12. The summed E-state index contributed by atoms with van der Waals surface area (Å²) >= 11 is 0. The Morgan fingerprint density at radius 1 is 0.931 bits per heavy atom. The second-order valence-corrected chi connectivity index (χ2v) is 6.26. The monoisotopic (exact) mass is 388 g/mol. The molecular formula is C23H20N2O4. The molecule has 0 N–H and O–H groups in total. The molecular weight excluding hydrogens is 368 g/mol. The van der Waals surface area contributed by atoms with Gasteiger partial charge >= 0.3 is 5.97 Å². The van der Waals surface area contributed by atoms with Gasteiger partial charge in [0.1, 0.15) is 23.8 Å². The number of imidazole rings is 1. The summed E-state index contributed by atoms with van der Waals surface area (Å²) in [5.41, 5.74) is 1.96. The number of hydrogen-bond donors (Lipinski definition) is 0. The molecule has 0 saturated heterocycles. The molecule has 0 radical (unpaired) electrons. The number of ether oxygens (including phenoxy) is 3. The third-order valence-electron chi connectivity index (χ3n) is 4.25. The third-order valence-corrected chi connectivity index (χ3v) is 4.25. The highest BCUT2D eigenvalue weighted by molar-refractivity contribution is 5.91. The van der Waals surface area contributed by atoms with E-state index in [1.807, 2.05) is 54.6 Å². The number of nitrogens with zero attached hydrogens (tertiary/aromatic N) is 2. The van der Waals surface area contributed by atoms with E-state index in [2.05, 4.69) is 4.98 Å². The van der Waals surface area contributed by atoms with Crippen molar-refractivity contribution in [2.75, 3.05) is 6.61 Å². The van der Waals surface area contributed by atoms with Crippen LogP contribution in [0, 0.1) is 0 Å². The second kappa shape index (κ2) is 8.48. The first-order valence-electron chi connectivity index (χ1n) is 9.33. The Morgan fingerprint density at radius 2 is 1.66 bits per heavy atom. The molecule has 4 aromatic rings. The Balaban J connectivity index is 1.52. The highest BCUT2D eigenvalue weighted by atomic mass is 16.5. The van der Waals surface area contributed by atoms with Crippen LogP contribution in [0.4, 0.5) is 0 Å². The van der Waals surface area contributed by atoms with Gasteiger partial charge in [0.25, 0.3) is 5.88 Å². The first-order chi connectivity index (χ1) is 14.2. The molecule has 0 aliphatic heterocycles. The number of carbonyl (C=O) groups excluding carboxylic acids is 1. The van der Waals surface area contributed by atoms with E-state index < -0.39 is 5.97 Å². The van der Waals surface area contributed by atoms with E-state index >= 15 is 0 Å². The van der Waals surface area contributed by atoms with Crippen molar-refractivity contribution in [3.63, 3.8) is 0 Å². The van der Waals surface area contributed by atoms with Gasteiger partial charge in [-0.2, -0.15) is 4.98 Å². The molecule has 4 rings (SSSR count). The van der Waals surface area contributed by atoms with Crippen LogP contribution in [-0.2, 0) is 11.3 Å². The zero-order valence-corrected chi connectivity index (χ0v) is 15.9. The molecule has 0 atom stereocenters. The van der Waals surface area contributed by atoms with Crippen LogP contribution in [0.25, 0.3) is 5.65 Å². The van der Waals surface area contributed by atoms with Crippen molar-refractivity contribution >= 4 is 11.6 Å². The lowest BCUT2D eigenvalue weighted by atomic mass is 10.2. The number of carbonyl (C=O) groups is 1. The average molecular weight is 388 g/mol. The molecule has 0 unspecified atom stereocenters. The Hall–Kier alpha value is -3.80. The lowest BCUT2D eigenvalue weighted by Gasteiger charge is -2.08. The lowest BCUT2D eigenvalue weighted by Crippen LogP contribution is -2.09. The minimum atomic E-state index is -0.482. The number of esters is 1. The maximum Gasteiger partial charge on any atom is 0.361 e. The largest absolute Gasteiger partial charge is 0.489 e. The summed E-state index contributed by atoms with van der Waals surface area (Å²) in [5, 5.41) is 0. The Bertz CT molecular complexity index is 1100. The Labute approximate surface area is 168 Å². The molecule has 0 saturated carbocycles. The summed E-state index contributed by atoms with van der Waals surface area (Å²) < 4.78 is 18.5. The van der Waals surface area contributed by atoms with Gasteiger partial charge in [0, 0.05) is 6.20 Å². The van der Waals surface area contributed by atoms with Crippen LogP contribution in [0.5, 0.6) is 17.4 Å². The van der Waals surface area contributed by atoms with Gasteiger partial charge in [-0.25, -0.2) is 4.79 Å². The van der Waals surface area contributed by atoms with Gasteiger partial charge in [0.15, 0.2) is 5.69 Å². The van der Waals surface area contributed by atoms with Crippen LogP contribution in [0.3, 0.4) is 0 Å². The van der Waals surface area contributed by atoms with E-state index in [9.17, 15) is 4.79 Å². The van der Waals surface area contributed by atoms with Crippen molar-refractivity contribution in [3.05, 3.63) is 90.3 Å². The molecule has 0 spiro atoms. The third kappa shape index (κ3) is 4.21. The number of pyridine rings is 1. The van der Waals surface area contributed by atoms with Crippen LogP contribution in [0.1, 0.15) is 23.0 Å². The number of rotatable bonds is 7. The molecule has 0 bridgehead atoms. The fraction of sp³-hybridized carbons (Fsp3) is 0.130. The highest BCUT2D eigenvalue weighted by Gasteiger charge is 2.22. The lowest BCUT2D eigenvalue weighted by molar-refractivity contribution is 0.0515. The normalized spacial score (nSPS) is 10.7. The van der Waals surface area contributed by atoms with Crippen LogP contribution in [0.15, 0.2) is 79.0 Å². The van der Waals surface area contributed by atoms with Gasteiger partial charge in [0.2, 0.25) is 0 Å². The van der Waals surface area contributed by atoms with Crippen molar-refractivity contribution in [2.45, 2.75) is 13.5 Å². The molecule has 6 nitrogen and oxygen atoms in total. The van der Waals surface area contributed by atoms with Gasteiger partial charge in [-0.15, -0.1) is 0 Å². The number of benzene rings is 2. The van der Waals surface area contributed by atoms with Crippen molar-refractivity contribution in [2.24, 2.45) is 0 Å². The quantitative estimate of drug-likeness (QED) is 0.422. The predicted octanol–water partition coefficient (Wildman–Crippen LogP) is 4.88. The summed E-state index contributed by atoms with van der Waals surface area (Å²) in [6, 6.07) is 22.6. The Morgan fingerprint density at radius 3 is 2.41 bits per heavy atom. The van der Waals surface area contributed by atoms with Gasteiger partial charge in [0.05, 0.1) is 6.61 Å². The number of hydrogen-bond acceptors (Lipinski definition) is 5. The minimum Gasteiger partial charge on any atom is -0.489 e. The topological polar surface area (TPSA) is 62.1 Å². The summed E-state index contributed by atoms with van der Waals surface area (Å²) in [6.45, 7) is 2.52. The molecule has 6 heteroatoms. The molecule has 2 aromatic carbocycles. The molecule has 146 valence electrons. The summed E-state index contributed by atoms with van der Waals surface area (Å²) in [5.74, 6) is 0.990. The predicted molar refractivity (Wildman–Crippen MR) is 108 cm³/mol. The fourth-order valence-electron chi connectivity index (χ4n) is 2.89. The van der Waals surface area contributed by atoms with Gasteiger partial charge in [-0.05, 0) is 48.9 Å². The molecule has 0 aliphatic carbocycles. The smallest absolute Gasteiger partial charge is 0.361 e. The van der Waals surface area contributed by atoms with Crippen LogP contribution in [-0.4, -0.2) is 22.0 Å². The molecule has 29 heavy (non-hydrogen) atoms. The van der Waals surface area contributed by atoms with Gasteiger partial charge < -0.3 is 14.2 Å². The zero-order chi connectivity index (χ0) is 20.1. The summed E-state index contributed by atoms with van der Waals surface area (Å²) in [4.78, 5) is 16.8. The molecule has 0 fully saturated rings. The molecule has 0 amide bonds. The Kier molecular flexibility index (Phi) is 5.42. The number of aromatic nitrogens is 2. The van der Waals surface area contributed by atoms with E-state index in [4.69, 9.17) is 14.2 Å². The van der Waals surface area contributed by atoms with Gasteiger partial charge in [-0.1, -0.05) is 36.4 Å². The van der Waals surface area contributed by atoms with E-state index in [0.29, 0.717) is 18.0 Å². The summed E-state index contributed by atoms with van der Waals surface area (Å²) in [7, 11) is 0. The van der Waals surface area contributed by atoms with Crippen molar-refractivity contribution in [1.29, 1.82) is 0 Å². The zero-order valence-electron chi connectivity index (χ0n) is 15.9. The van der Waals surface area contributed by atoms with Crippen LogP contribution < -0.4 is 9.47 Å². The first-order valence-corrected chi connectivity index (χ1v) is 9.33. The van der Waals surface area contributed by atoms with E-state index in [-0.39, 0.29) is 18.2 Å².